The number of rotatable bonds is 7. The number of aromatic nitrogens is 2. The number of amides is 2. The lowest BCUT2D eigenvalue weighted by atomic mass is 9.87. The lowest BCUT2D eigenvalue weighted by Gasteiger charge is -2.25. The van der Waals surface area contributed by atoms with Crippen LogP contribution in [0, 0.1) is 13.8 Å². The highest BCUT2D eigenvalue weighted by Gasteiger charge is 2.40. The number of carbonyl (C=O) groups is 2. The molecule has 0 aliphatic carbocycles. The molecule has 1 aliphatic heterocycles. The summed E-state index contributed by atoms with van der Waals surface area (Å²) in [6.07, 6.45) is 1.57. The number of hydrogen-bond donors (Lipinski definition) is 1. The van der Waals surface area contributed by atoms with E-state index in [1.807, 2.05) is 48.0 Å². The van der Waals surface area contributed by atoms with Crippen LogP contribution in [0.2, 0.25) is 0 Å². The smallest absolute Gasteiger partial charge is 0.240 e. The fraction of sp³-hybridized carbons (Fsp3) is 0.344. The summed E-state index contributed by atoms with van der Waals surface area (Å²) in [6, 6.07) is 17.6. The highest BCUT2D eigenvalue weighted by molar-refractivity contribution is 8.00. The molecule has 5 rings (SSSR count). The molecule has 9 heteroatoms. The van der Waals surface area contributed by atoms with Crippen LogP contribution in [0.25, 0.3) is 5.69 Å². The zero-order valence-electron chi connectivity index (χ0n) is 24.4. The zero-order chi connectivity index (χ0) is 29.3. The normalized spacial score (nSPS) is 15.4. The van der Waals surface area contributed by atoms with Crippen LogP contribution in [0.4, 0.5) is 5.82 Å². The summed E-state index contributed by atoms with van der Waals surface area (Å²) in [5, 5.41) is 7.85. The van der Waals surface area contributed by atoms with Crippen molar-refractivity contribution in [1.29, 1.82) is 0 Å². The molecule has 0 bridgehead atoms. The van der Waals surface area contributed by atoms with Crippen LogP contribution in [0.5, 0.6) is 5.75 Å². The number of fused-ring (bicyclic) bond motifs is 1. The van der Waals surface area contributed by atoms with Crippen LogP contribution in [0.1, 0.15) is 59.7 Å². The Morgan fingerprint density at radius 1 is 1.15 bits per heavy atom. The number of hydrogen-bond acceptors (Lipinski definition) is 6. The number of methoxy groups -OCH3 is 1. The Bertz CT molecular complexity index is 1570. The molecule has 8 nitrogen and oxygen atoms in total. The van der Waals surface area contributed by atoms with E-state index in [4.69, 9.17) is 14.3 Å². The van der Waals surface area contributed by atoms with Crippen molar-refractivity contribution < 1.29 is 18.7 Å². The van der Waals surface area contributed by atoms with Gasteiger partial charge in [-0.25, -0.2) is 4.68 Å². The van der Waals surface area contributed by atoms with E-state index < -0.39 is 0 Å². The van der Waals surface area contributed by atoms with Crippen LogP contribution in [-0.2, 0) is 21.5 Å². The highest BCUT2D eigenvalue weighted by Crippen LogP contribution is 2.50. The third-order valence-corrected chi connectivity index (χ3v) is 8.38. The third kappa shape index (κ3) is 5.77. The van der Waals surface area contributed by atoms with Gasteiger partial charge in [-0.3, -0.25) is 14.5 Å². The number of carbonyl (C=O) groups excluding carboxylic acids is 2. The molecule has 1 atom stereocenters. The topological polar surface area (TPSA) is 89.6 Å². The van der Waals surface area contributed by atoms with Crippen molar-refractivity contribution in [2.24, 2.45) is 0 Å². The SMILES string of the molecule is COc1ccccc1[C@@H]1SCC(=O)N(CC(=O)NCc2ccco2)c2c1c(C(C)(C)C)nn2-c1ccc(C)cc1C. The number of thioether (sulfide) groups is 1. The maximum absolute atomic E-state index is 13.9. The molecule has 0 unspecified atom stereocenters. The Morgan fingerprint density at radius 2 is 1.93 bits per heavy atom. The van der Waals surface area contributed by atoms with E-state index in [1.54, 1.807) is 30.4 Å². The molecular formula is C32H36N4O4S. The van der Waals surface area contributed by atoms with Gasteiger partial charge in [-0.2, -0.15) is 5.10 Å². The standard InChI is InChI=1S/C32H36N4O4S/c1-20-13-14-24(21(2)16-20)36-31-28(30(34-36)32(3,4)5)29(23-11-7-8-12-25(23)39-6)41-19-27(38)35(31)18-26(37)33-17-22-10-9-15-40-22/h7-16,29H,17-19H2,1-6H3,(H,33,37)/t29-/m0/s1. The molecule has 2 aromatic heterocycles. The number of furan rings is 1. The van der Waals surface area contributed by atoms with Gasteiger partial charge < -0.3 is 14.5 Å². The first-order chi connectivity index (χ1) is 19.6. The van der Waals surface area contributed by atoms with Crippen LogP contribution < -0.4 is 15.0 Å². The second-order valence-electron chi connectivity index (χ2n) is 11.3. The summed E-state index contributed by atoms with van der Waals surface area (Å²) in [6.45, 7) is 10.6. The van der Waals surface area contributed by atoms with Crippen LogP contribution >= 0.6 is 11.8 Å². The third-order valence-electron chi connectivity index (χ3n) is 7.14. The first-order valence-electron chi connectivity index (χ1n) is 13.6. The minimum absolute atomic E-state index is 0.147. The number of anilines is 1. The van der Waals surface area contributed by atoms with Crippen molar-refractivity contribution in [1.82, 2.24) is 15.1 Å². The van der Waals surface area contributed by atoms with Crippen molar-refractivity contribution in [2.45, 2.75) is 51.8 Å². The molecule has 0 saturated carbocycles. The molecule has 0 saturated heterocycles. The summed E-state index contributed by atoms with van der Waals surface area (Å²) >= 11 is 1.53. The van der Waals surface area contributed by atoms with E-state index in [0.717, 1.165) is 39.4 Å². The van der Waals surface area contributed by atoms with Gasteiger partial charge in [0.2, 0.25) is 11.8 Å². The summed E-state index contributed by atoms with van der Waals surface area (Å²) < 4.78 is 13.0. The zero-order valence-corrected chi connectivity index (χ0v) is 25.2. The van der Waals surface area contributed by atoms with E-state index in [2.05, 4.69) is 39.1 Å². The van der Waals surface area contributed by atoms with Gasteiger partial charge in [0.25, 0.3) is 0 Å². The van der Waals surface area contributed by atoms with E-state index in [9.17, 15) is 9.59 Å². The number of ether oxygens (including phenoxy) is 1. The van der Waals surface area contributed by atoms with E-state index >= 15 is 0 Å². The summed E-state index contributed by atoms with van der Waals surface area (Å²) in [4.78, 5) is 28.8. The fourth-order valence-corrected chi connectivity index (χ4v) is 6.43. The number of aryl methyl sites for hydroxylation is 2. The Morgan fingerprint density at radius 3 is 2.61 bits per heavy atom. The van der Waals surface area contributed by atoms with Gasteiger partial charge >= 0.3 is 0 Å². The Hall–Kier alpha value is -3.98. The average molecular weight is 573 g/mol. The minimum atomic E-state index is -0.352. The molecule has 1 aliphatic rings. The van der Waals surface area contributed by atoms with Crippen LogP contribution in [-0.4, -0.2) is 41.0 Å². The molecule has 41 heavy (non-hydrogen) atoms. The quantitative estimate of drug-likeness (QED) is 0.298. The van der Waals surface area contributed by atoms with Crippen molar-refractivity contribution in [2.75, 3.05) is 24.3 Å². The van der Waals surface area contributed by atoms with Gasteiger partial charge in [-0.1, -0.05) is 56.7 Å². The lowest BCUT2D eigenvalue weighted by Crippen LogP contribution is -2.42. The second kappa shape index (κ2) is 11.5. The molecule has 3 heterocycles. The van der Waals surface area contributed by atoms with Gasteiger partial charge in [0.15, 0.2) is 0 Å². The molecule has 214 valence electrons. The highest BCUT2D eigenvalue weighted by atomic mass is 32.2. The fourth-order valence-electron chi connectivity index (χ4n) is 5.21. The molecule has 2 aromatic carbocycles. The molecular weight excluding hydrogens is 536 g/mol. The first kappa shape index (κ1) is 28.5. The van der Waals surface area contributed by atoms with Gasteiger partial charge in [-0.05, 0) is 43.7 Å². The Kier molecular flexibility index (Phi) is 8.00. The molecule has 4 aromatic rings. The molecule has 2 amide bonds. The van der Waals surface area contributed by atoms with Crippen molar-refractivity contribution in [3.63, 3.8) is 0 Å². The van der Waals surface area contributed by atoms with Gasteiger partial charge in [0, 0.05) is 16.5 Å². The molecule has 0 radical (unpaired) electrons. The molecule has 0 spiro atoms. The van der Waals surface area contributed by atoms with Crippen molar-refractivity contribution >= 4 is 29.4 Å². The average Bonchev–Trinajstić information content (AvgIpc) is 3.57. The first-order valence-corrected chi connectivity index (χ1v) is 14.7. The largest absolute Gasteiger partial charge is 0.496 e. The van der Waals surface area contributed by atoms with Crippen LogP contribution in [0.15, 0.2) is 65.3 Å². The van der Waals surface area contributed by atoms with Gasteiger partial charge in [-0.15, -0.1) is 11.8 Å². The van der Waals surface area contributed by atoms with E-state index in [1.165, 1.54) is 11.8 Å². The predicted molar refractivity (Wildman–Crippen MR) is 162 cm³/mol. The minimum Gasteiger partial charge on any atom is -0.496 e. The number of para-hydroxylation sites is 1. The summed E-state index contributed by atoms with van der Waals surface area (Å²) in [7, 11) is 1.66. The molecule has 1 N–H and O–H groups in total. The monoisotopic (exact) mass is 572 g/mol. The van der Waals surface area contributed by atoms with Gasteiger partial charge in [0.1, 0.15) is 23.9 Å². The van der Waals surface area contributed by atoms with Crippen molar-refractivity contribution in [3.8, 4) is 11.4 Å². The van der Waals surface area contributed by atoms with E-state index in [0.29, 0.717) is 11.6 Å². The van der Waals surface area contributed by atoms with Gasteiger partial charge in [0.05, 0.1) is 42.3 Å². The predicted octanol–water partition coefficient (Wildman–Crippen LogP) is 5.87. The Balaban J connectivity index is 1.72. The summed E-state index contributed by atoms with van der Waals surface area (Å²) in [5.74, 6) is 1.75. The number of nitrogens with zero attached hydrogens (tertiary/aromatic N) is 3. The molecule has 0 fully saturated rings. The van der Waals surface area contributed by atoms with Crippen molar-refractivity contribution in [3.05, 3.63) is 94.6 Å². The number of nitrogens with one attached hydrogen (secondary N) is 1. The second-order valence-corrected chi connectivity index (χ2v) is 12.4. The maximum atomic E-state index is 13.9. The lowest BCUT2D eigenvalue weighted by molar-refractivity contribution is -0.123. The van der Waals surface area contributed by atoms with E-state index in [-0.39, 0.29) is 41.3 Å². The summed E-state index contributed by atoms with van der Waals surface area (Å²) in [5.41, 5.74) is 5.41. The van der Waals surface area contributed by atoms with Crippen LogP contribution in [0.3, 0.4) is 0 Å². The maximum Gasteiger partial charge on any atom is 0.240 e. The number of benzene rings is 2. The Labute approximate surface area is 245 Å².